The van der Waals surface area contributed by atoms with Crippen molar-refractivity contribution in [1.82, 2.24) is 4.90 Å². The number of benzene rings is 2. The Morgan fingerprint density at radius 3 is 2.36 bits per heavy atom. The molecule has 1 heterocycles. The number of nitrogens with zero attached hydrogens (tertiary/aromatic N) is 3. The van der Waals surface area contributed by atoms with Crippen LogP contribution in [0.3, 0.4) is 0 Å². The van der Waals surface area contributed by atoms with E-state index in [4.69, 9.17) is 0 Å². The SMILES string of the molecule is N#Cc1cc(C(F)(F)F)ccc1N1CCCN(C(=O)c2ccc(F)cc2)CC1. The summed E-state index contributed by atoms with van der Waals surface area (Å²) in [5, 5.41) is 9.28. The minimum atomic E-state index is -4.51. The maximum Gasteiger partial charge on any atom is 0.416 e. The maximum absolute atomic E-state index is 13.0. The smallest absolute Gasteiger partial charge is 0.369 e. The fraction of sp³-hybridized carbons (Fsp3) is 0.300. The number of carbonyl (C=O) groups excluding carboxylic acids is 1. The number of alkyl halides is 3. The second kappa shape index (κ2) is 7.89. The van der Waals surface area contributed by atoms with Crippen LogP contribution in [0, 0.1) is 17.1 Å². The zero-order chi connectivity index (χ0) is 20.3. The van der Waals surface area contributed by atoms with Gasteiger partial charge >= 0.3 is 6.18 Å². The van der Waals surface area contributed by atoms with Gasteiger partial charge in [-0.2, -0.15) is 18.4 Å². The van der Waals surface area contributed by atoms with Gasteiger partial charge in [-0.3, -0.25) is 4.79 Å². The first kappa shape index (κ1) is 19.7. The van der Waals surface area contributed by atoms with Gasteiger partial charge in [-0.25, -0.2) is 4.39 Å². The van der Waals surface area contributed by atoms with Crippen LogP contribution in [0.4, 0.5) is 23.2 Å². The van der Waals surface area contributed by atoms with Crippen LogP contribution in [0.5, 0.6) is 0 Å². The van der Waals surface area contributed by atoms with Gasteiger partial charge in [-0.1, -0.05) is 0 Å². The molecule has 0 saturated carbocycles. The molecule has 0 N–H and O–H groups in total. The number of hydrogen-bond acceptors (Lipinski definition) is 3. The second-order valence-electron chi connectivity index (χ2n) is 6.48. The quantitative estimate of drug-likeness (QED) is 0.725. The lowest BCUT2D eigenvalue weighted by atomic mass is 10.1. The molecule has 1 aliphatic heterocycles. The van der Waals surface area contributed by atoms with Crippen molar-refractivity contribution < 1.29 is 22.4 Å². The van der Waals surface area contributed by atoms with E-state index >= 15 is 0 Å². The molecule has 0 spiro atoms. The van der Waals surface area contributed by atoms with Gasteiger partial charge in [0.25, 0.3) is 5.91 Å². The molecule has 4 nitrogen and oxygen atoms in total. The Morgan fingerprint density at radius 2 is 1.71 bits per heavy atom. The minimum Gasteiger partial charge on any atom is -0.369 e. The fourth-order valence-electron chi connectivity index (χ4n) is 3.21. The van der Waals surface area contributed by atoms with Gasteiger partial charge in [-0.15, -0.1) is 0 Å². The highest BCUT2D eigenvalue weighted by atomic mass is 19.4. The Balaban J connectivity index is 1.76. The van der Waals surface area contributed by atoms with Crippen LogP contribution in [-0.4, -0.2) is 37.0 Å². The van der Waals surface area contributed by atoms with Crippen molar-refractivity contribution in [1.29, 1.82) is 5.26 Å². The number of halogens is 4. The van der Waals surface area contributed by atoms with E-state index < -0.39 is 17.6 Å². The Bertz CT molecular complexity index is 903. The first-order valence-corrected chi connectivity index (χ1v) is 8.71. The number of anilines is 1. The van der Waals surface area contributed by atoms with Gasteiger partial charge in [0.15, 0.2) is 0 Å². The number of carbonyl (C=O) groups is 1. The molecule has 1 aliphatic rings. The van der Waals surface area contributed by atoms with Gasteiger partial charge in [0.1, 0.15) is 11.9 Å². The first-order valence-electron chi connectivity index (χ1n) is 8.71. The average molecular weight is 391 g/mol. The molecule has 0 aliphatic carbocycles. The molecule has 1 saturated heterocycles. The van der Waals surface area contributed by atoms with Gasteiger partial charge in [0.2, 0.25) is 0 Å². The van der Waals surface area contributed by atoms with Crippen LogP contribution in [0.15, 0.2) is 42.5 Å². The van der Waals surface area contributed by atoms with E-state index in [0.29, 0.717) is 43.9 Å². The molecule has 0 aromatic heterocycles. The topological polar surface area (TPSA) is 47.3 Å². The zero-order valence-corrected chi connectivity index (χ0v) is 14.8. The molecule has 28 heavy (non-hydrogen) atoms. The van der Waals surface area contributed by atoms with Crippen LogP contribution in [-0.2, 0) is 6.18 Å². The lowest BCUT2D eigenvalue weighted by Crippen LogP contribution is -2.35. The van der Waals surface area contributed by atoms with E-state index in [1.807, 2.05) is 11.0 Å². The third-order valence-corrected chi connectivity index (χ3v) is 4.66. The fourth-order valence-corrected chi connectivity index (χ4v) is 3.21. The molecule has 0 atom stereocenters. The molecule has 3 rings (SSSR count). The van der Waals surface area contributed by atoms with Crippen molar-refractivity contribution in [2.45, 2.75) is 12.6 Å². The molecule has 0 unspecified atom stereocenters. The molecular formula is C20H17F4N3O. The summed E-state index contributed by atoms with van der Waals surface area (Å²) in [6.07, 6.45) is -3.92. The largest absolute Gasteiger partial charge is 0.416 e. The van der Waals surface area contributed by atoms with Crippen molar-refractivity contribution in [3.05, 3.63) is 65.0 Å². The predicted octanol–water partition coefficient (Wildman–Crippen LogP) is 4.07. The highest BCUT2D eigenvalue weighted by Gasteiger charge is 2.31. The first-order chi connectivity index (χ1) is 13.3. The van der Waals surface area contributed by atoms with Gasteiger partial charge in [0, 0.05) is 31.7 Å². The number of hydrogen-bond donors (Lipinski definition) is 0. The van der Waals surface area contributed by atoms with Crippen LogP contribution >= 0.6 is 0 Å². The molecule has 2 aromatic carbocycles. The Hall–Kier alpha value is -3.08. The Labute approximate surface area is 159 Å². The summed E-state index contributed by atoms with van der Waals surface area (Å²) in [5.41, 5.74) is -0.113. The lowest BCUT2D eigenvalue weighted by molar-refractivity contribution is -0.137. The molecule has 1 fully saturated rings. The van der Waals surface area contributed by atoms with Gasteiger partial charge < -0.3 is 9.80 Å². The Morgan fingerprint density at radius 1 is 1.00 bits per heavy atom. The standard InChI is InChI=1S/C20H17F4N3O/c21-17-5-2-14(3-6-17)19(28)27-9-1-8-26(10-11-27)18-7-4-16(20(22,23)24)12-15(18)13-25/h2-7,12H,1,8-11H2. The third-order valence-electron chi connectivity index (χ3n) is 4.66. The number of nitriles is 1. The Kier molecular flexibility index (Phi) is 5.54. The maximum atomic E-state index is 13.0. The van der Waals surface area contributed by atoms with E-state index in [9.17, 15) is 27.6 Å². The van der Waals surface area contributed by atoms with Crippen LogP contribution < -0.4 is 4.90 Å². The summed E-state index contributed by atoms with van der Waals surface area (Å²) in [4.78, 5) is 16.0. The molecule has 0 bridgehead atoms. The van der Waals surface area contributed by atoms with Crippen LogP contribution in [0.25, 0.3) is 0 Å². The van der Waals surface area contributed by atoms with Crippen molar-refractivity contribution in [3.8, 4) is 6.07 Å². The highest BCUT2D eigenvalue weighted by molar-refractivity contribution is 5.94. The summed E-state index contributed by atoms with van der Waals surface area (Å²) >= 11 is 0. The van der Waals surface area contributed by atoms with E-state index in [2.05, 4.69) is 0 Å². The zero-order valence-electron chi connectivity index (χ0n) is 14.8. The third kappa shape index (κ3) is 4.25. The highest BCUT2D eigenvalue weighted by Crippen LogP contribution is 2.33. The van der Waals surface area contributed by atoms with E-state index in [1.165, 1.54) is 30.3 Å². The summed E-state index contributed by atoms with van der Waals surface area (Å²) < 4.78 is 51.7. The minimum absolute atomic E-state index is 0.0480. The van der Waals surface area contributed by atoms with E-state index in [1.54, 1.807) is 4.90 Å². The predicted molar refractivity (Wildman–Crippen MR) is 95.3 cm³/mol. The summed E-state index contributed by atoms with van der Waals surface area (Å²) in [5.74, 6) is -0.653. The van der Waals surface area contributed by atoms with Crippen molar-refractivity contribution >= 4 is 11.6 Å². The van der Waals surface area contributed by atoms with Crippen molar-refractivity contribution in [2.24, 2.45) is 0 Å². The van der Waals surface area contributed by atoms with Crippen molar-refractivity contribution in [3.63, 3.8) is 0 Å². The van der Waals surface area contributed by atoms with Crippen molar-refractivity contribution in [2.75, 3.05) is 31.1 Å². The molecule has 8 heteroatoms. The normalized spacial score (nSPS) is 15.1. The molecular weight excluding hydrogens is 374 g/mol. The van der Waals surface area contributed by atoms with Gasteiger partial charge in [-0.05, 0) is 48.9 Å². The summed E-state index contributed by atoms with van der Waals surface area (Å²) in [6, 6.07) is 10.2. The van der Waals surface area contributed by atoms with E-state index in [-0.39, 0.29) is 11.5 Å². The summed E-state index contributed by atoms with van der Waals surface area (Å²) in [6.45, 7) is 1.71. The number of rotatable bonds is 2. The molecule has 146 valence electrons. The molecule has 1 amide bonds. The second-order valence-corrected chi connectivity index (χ2v) is 6.48. The van der Waals surface area contributed by atoms with E-state index in [0.717, 1.165) is 12.1 Å². The summed E-state index contributed by atoms with van der Waals surface area (Å²) in [7, 11) is 0. The monoisotopic (exact) mass is 391 g/mol. The van der Waals surface area contributed by atoms with Crippen LogP contribution in [0.2, 0.25) is 0 Å². The van der Waals surface area contributed by atoms with Gasteiger partial charge in [0.05, 0.1) is 16.8 Å². The number of amides is 1. The average Bonchev–Trinajstić information content (AvgIpc) is 2.93. The lowest BCUT2D eigenvalue weighted by Gasteiger charge is -2.25. The van der Waals surface area contributed by atoms with Crippen LogP contribution in [0.1, 0.15) is 27.9 Å². The molecule has 0 radical (unpaired) electrons. The molecule has 2 aromatic rings.